The Hall–Kier alpha value is -2.17. The zero-order valence-electron chi connectivity index (χ0n) is 8.81. The summed E-state index contributed by atoms with van der Waals surface area (Å²) in [4.78, 5) is 11.4. The van der Waals surface area contributed by atoms with Crippen LogP contribution in [0, 0.1) is 0 Å². The lowest BCUT2D eigenvalue weighted by Crippen LogP contribution is -1.99. The van der Waals surface area contributed by atoms with Gasteiger partial charge in [0, 0.05) is 5.39 Å². The van der Waals surface area contributed by atoms with Crippen molar-refractivity contribution in [2.24, 2.45) is 0 Å². The first kappa shape index (κ1) is 10.4. The summed E-state index contributed by atoms with van der Waals surface area (Å²) in [6.07, 6.45) is 0. The largest absolute Gasteiger partial charge is 0.497 e. The van der Waals surface area contributed by atoms with Gasteiger partial charge in [-0.2, -0.15) is 0 Å². The minimum atomic E-state index is -0.640. The van der Waals surface area contributed by atoms with Crippen LogP contribution in [0.5, 0.6) is 11.7 Å². The van der Waals surface area contributed by atoms with Crippen molar-refractivity contribution >= 4 is 16.7 Å². The first-order valence-corrected chi connectivity index (χ1v) is 4.55. The number of esters is 1. The van der Waals surface area contributed by atoms with Crippen molar-refractivity contribution in [3.63, 3.8) is 0 Å². The van der Waals surface area contributed by atoms with E-state index in [0.717, 1.165) is 0 Å². The fourth-order valence-electron chi connectivity index (χ4n) is 1.48. The van der Waals surface area contributed by atoms with Gasteiger partial charge < -0.3 is 19.0 Å². The van der Waals surface area contributed by atoms with Crippen molar-refractivity contribution in [3.05, 3.63) is 24.0 Å². The number of rotatable bonds is 2. The first-order valence-electron chi connectivity index (χ1n) is 4.55. The van der Waals surface area contributed by atoms with Gasteiger partial charge in [0.15, 0.2) is 0 Å². The van der Waals surface area contributed by atoms with Crippen molar-refractivity contribution in [1.82, 2.24) is 0 Å². The average Bonchev–Trinajstić information content (AvgIpc) is 2.65. The van der Waals surface area contributed by atoms with Crippen LogP contribution >= 0.6 is 0 Å². The molecule has 0 bridgehead atoms. The second-order valence-electron chi connectivity index (χ2n) is 3.14. The fraction of sp³-hybridized carbons (Fsp3) is 0.182. The number of fused-ring (bicyclic) bond motifs is 1. The molecule has 2 aromatic rings. The summed E-state index contributed by atoms with van der Waals surface area (Å²) in [7, 11) is 2.76. The number of hydrogen-bond donors (Lipinski definition) is 1. The zero-order chi connectivity index (χ0) is 11.7. The van der Waals surface area contributed by atoms with E-state index in [0.29, 0.717) is 16.5 Å². The van der Waals surface area contributed by atoms with Gasteiger partial charge in [0.25, 0.3) is 5.95 Å². The van der Waals surface area contributed by atoms with E-state index < -0.39 is 5.97 Å². The lowest BCUT2D eigenvalue weighted by molar-refractivity contribution is 0.0562. The van der Waals surface area contributed by atoms with Gasteiger partial charge in [-0.05, 0) is 18.2 Å². The Morgan fingerprint density at radius 2 is 2.06 bits per heavy atom. The molecule has 5 heteroatoms. The molecule has 1 heterocycles. The Morgan fingerprint density at radius 3 is 2.69 bits per heavy atom. The fourth-order valence-corrected chi connectivity index (χ4v) is 1.48. The van der Waals surface area contributed by atoms with Crippen LogP contribution < -0.4 is 4.74 Å². The van der Waals surface area contributed by atoms with Gasteiger partial charge in [0.1, 0.15) is 5.75 Å². The number of furan rings is 1. The third kappa shape index (κ3) is 1.46. The maximum absolute atomic E-state index is 11.4. The Bertz CT molecular complexity index is 541. The average molecular weight is 222 g/mol. The molecule has 0 aliphatic rings. The molecular formula is C11H10O5. The molecular weight excluding hydrogens is 212 g/mol. The van der Waals surface area contributed by atoms with E-state index >= 15 is 0 Å². The van der Waals surface area contributed by atoms with Gasteiger partial charge in [-0.15, -0.1) is 0 Å². The normalized spacial score (nSPS) is 10.4. The summed E-state index contributed by atoms with van der Waals surface area (Å²) in [5.74, 6) is -0.413. The highest BCUT2D eigenvalue weighted by molar-refractivity contribution is 6.04. The number of hydrogen-bond acceptors (Lipinski definition) is 5. The maximum atomic E-state index is 11.4. The highest BCUT2D eigenvalue weighted by atomic mass is 16.5. The highest BCUT2D eigenvalue weighted by Crippen LogP contribution is 2.33. The standard InChI is InChI=1S/C11H10O5/c1-14-6-3-4-7-8(5-6)9(11(13)15-2)16-10(7)12/h3-5,12H,1-2H3. The van der Waals surface area contributed by atoms with Gasteiger partial charge in [-0.3, -0.25) is 0 Å². The van der Waals surface area contributed by atoms with E-state index in [2.05, 4.69) is 4.74 Å². The smallest absolute Gasteiger partial charge is 0.374 e. The van der Waals surface area contributed by atoms with Crippen molar-refractivity contribution in [2.75, 3.05) is 14.2 Å². The number of carbonyl (C=O) groups is 1. The number of ether oxygens (including phenoxy) is 2. The van der Waals surface area contributed by atoms with E-state index in [4.69, 9.17) is 9.15 Å². The number of aromatic hydroxyl groups is 1. The zero-order valence-corrected chi connectivity index (χ0v) is 8.81. The van der Waals surface area contributed by atoms with Crippen LogP contribution in [0.4, 0.5) is 0 Å². The first-order chi connectivity index (χ1) is 7.67. The SMILES string of the molecule is COC(=O)c1oc(O)c2ccc(OC)cc12. The minimum absolute atomic E-state index is 0.0334. The second kappa shape index (κ2) is 3.77. The summed E-state index contributed by atoms with van der Waals surface area (Å²) >= 11 is 0. The van der Waals surface area contributed by atoms with E-state index in [1.165, 1.54) is 14.2 Å². The predicted octanol–water partition coefficient (Wildman–Crippen LogP) is 1.93. The molecule has 0 fully saturated rings. The van der Waals surface area contributed by atoms with E-state index in [1.54, 1.807) is 18.2 Å². The molecule has 0 unspecified atom stereocenters. The molecule has 2 rings (SSSR count). The van der Waals surface area contributed by atoms with Crippen LogP contribution in [0.1, 0.15) is 10.6 Å². The van der Waals surface area contributed by atoms with Gasteiger partial charge >= 0.3 is 5.97 Å². The monoisotopic (exact) mass is 222 g/mol. The molecule has 0 amide bonds. The Balaban J connectivity index is 2.70. The second-order valence-corrected chi connectivity index (χ2v) is 3.14. The minimum Gasteiger partial charge on any atom is -0.497 e. The molecule has 1 aromatic heterocycles. The van der Waals surface area contributed by atoms with Crippen molar-refractivity contribution in [1.29, 1.82) is 0 Å². The molecule has 1 N–H and O–H groups in total. The molecule has 0 aliphatic heterocycles. The maximum Gasteiger partial charge on any atom is 0.374 e. The van der Waals surface area contributed by atoms with Crippen molar-refractivity contribution in [3.8, 4) is 11.7 Å². The van der Waals surface area contributed by atoms with Crippen LogP contribution in [0.25, 0.3) is 10.8 Å². The molecule has 0 radical (unpaired) electrons. The van der Waals surface area contributed by atoms with Gasteiger partial charge in [-0.1, -0.05) is 0 Å². The molecule has 0 saturated carbocycles. The van der Waals surface area contributed by atoms with Gasteiger partial charge in [0.2, 0.25) is 5.76 Å². The quantitative estimate of drug-likeness (QED) is 0.786. The van der Waals surface area contributed by atoms with Crippen molar-refractivity contribution in [2.45, 2.75) is 0 Å². The molecule has 1 aromatic carbocycles. The summed E-state index contributed by atoms with van der Waals surface area (Å²) in [6.45, 7) is 0. The van der Waals surface area contributed by atoms with Gasteiger partial charge in [-0.25, -0.2) is 4.79 Å². The molecule has 84 valence electrons. The third-order valence-electron chi connectivity index (χ3n) is 2.27. The van der Waals surface area contributed by atoms with Crippen molar-refractivity contribution < 1.29 is 23.8 Å². The number of benzene rings is 1. The Kier molecular flexibility index (Phi) is 2.44. The summed E-state index contributed by atoms with van der Waals surface area (Å²) in [5.41, 5.74) is 0. The molecule has 0 atom stereocenters. The van der Waals surface area contributed by atoms with Crippen LogP contribution in [0.15, 0.2) is 22.6 Å². The van der Waals surface area contributed by atoms with Gasteiger partial charge in [0.05, 0.1) is 19.6 Å². The Morgan fingerprint density at radius 1 is 1.31 bits per heavy atom. The summed E-state index contributed by atoms with van der Waals surface area (Å²) < 4.78 is 14.5. The van der Waals surface area contributed by atoms with Crippen LogP contribution in [0.2, 0.25) is 0 Å². The third-order valence-corrected chi connectivity index (χ3v) is 2.27. The highest BCUT2D eigenvalue weighted by Gasteiger charge is 2.19. The summed E-state index contributed by atoms with van der Waals surface area (Å²) in [6, 6.07) is 4.88. The van der Waals surface area contributed by atoms with E-state index in [1.807, 2.05) is 0 Å². The van der Waals surface area contributed by atoms with Crippen LogP contribution in [-0.4, -0.2) is 25.3 Å². The topological polar surface area (TPSA) is 68.9 Å². The predicted molar refractivity (Wildman–Crippen MR) is 55.8 cm³/mol. The Labute approximate surface area is 91.2 Å². The number of methoxy groups -OCH3 is 2. The summed E-state index contributed by atoms with van der Waals surface area (Å²) in [5, 5.41) is 10.4. The molecule has 0 spiro atoms. The van der Waals surface area contributed by atoms with E-state index in [9.17, 15) is 9.90 Å². The lowest BCUT2D eigenvalue weighted by Gasteiger charge is -1.99. The number of carbonyl (C=O) groups excluding carboxylic acids is 1. The molecule has 0 saturated heterocycles. The van der Waals surface area contributed by atoms with E-state index in [-0.39, 0.29) is 11.7 Å². The lowest BCUT2D eigenvalue weighted by atomic mass is 10.1. The van der Waals surface area contributed by atoms with Crippen LogP contribution in [-0.2, 0) is 4.74 Å². The molecule has 5 nitrogen and oxygen atoms in total. The molecule has 16 heavy (non-hydrogen) atoms. The van der Waals surface area contributed by atoms with Crippen LogP contribution in [0.3, 0.4) is 0 Å². The molecule has 0 aliphatic carbocycles.